The first kappa shape index (κ1) is 10.8. The minimum absolute atomic E-state index is 0.458. The Labute approximate surface area is 100 Å². The molecule has 0 saturated carbocycles. The summed E-state index contributed by atoms with van der Waals surface area (Å²) in [6.45, 7) is 0. The molecule has 0 bridgehead atoms. The van der Waals surface area contributed by atoms with E-state index in [2.05, 4.69) is 9.59 Å². The first-order valence-electron chi connectivity index (χ1n) is 4.08. The molecular formula is C9H6Cl2N2OS. The molecule has 6 heteroatoms. The molecule has 0 saturated heterocycles. The highest BCUT2D eigenvalue weighted by Gasteiger charge is 2.16. The van der Waals surface area contributed by atoms with Crippen LogP contribution in [0.1, 0.15) is 17.4 Å². The van der Waals surface area contributed by atoms with E-state index in [-0.39, 0.29) is 0 Å². The number of hydrogen-bond donors (Lipinski definition) is 1. The molecule has 0 radical (unpaired) electrons. The lowest BCUT2D eigenvalue weighted by molar-refractivity contribution is 0.215. The number of aliphatic hydroxyl groups excluding tert-OH is 1. The number of aromatic nitrogens is 2. The molecule has 2 rings (SSSR count). The number of aliphatic hydroxyl groups is 1. The summed E-state index contributed by atoms with van der Waals surface area (Å²) in [6, 6.07) is 4.93. The summed E-state index contributed by atoms with van der Waals surface area (Å²) in [5.41, 5.74) is 1.01. The third kappa shape index (κ3) is 2.29. The summed E-state index contributed by atoms with van der Waals surface area (Å²) < 4.78 is 3.68. The molecule has 78 valence electrons. The average Bonchev–Trinajstić information content (AvgIpc) is 2.74. The van der Waals surface area contributed by atoms with Gasteiger partial charge in [0.15, 0.2) is 0 Å². The maximum Gasteiger partial charge on any atom is 0.125 e. The predicted octanol–water partition coefficient (Wildman–Crippen LogP) is 2.93. The number of rotatable bonds is 2. The fourth-order valence-corrected chi connectivity index (χ4v) is 2.05. The van der Waals surface area contributed by atoms with E-state index >= 15 is 0 Å². The summed E-state index contributed by atoms with van der Waals surface area (Å²) in [5, 5.41) is 16.4. The number of hydrogen-bond acceptors (Lipinski definition) is 4. The first-order valence-corrected chi connectivity index (χ1v) is 5.67. The zero-order valence-electron chi connectivity index (χ0n) is 7.39. The van der Waals surface area contributed by atoms with Crippen LogP contribution in [0.15, 0.2) is 23.6 Å². The fraction of sp³-hybridized carbons (Fsp3) is 0.111. The van der Waals surface area contributed by atoms with Gasteiger partial charge in [-0.05, 0) is 29.7 Å². The lowest BCUT2D eigenvalue weighted by atomic mass is 10.1. The topological polar surface area (TPSA) is 46.0 Å². The Bertz CT molecular complexity index is 461. The summed E-state index contributed by atoms with van der Waals surface area (Å²) >= 11 is 12.9. The normalized spacial score (nSPS) is 12.7. The van der Waals surface area contributed by atoms with Crippen molar-refractivity contribution in [3.05, 3.63) is 44.9 Å². The second kappa shape index (κ2) is 4.45. The van der Waals surface area contributed by atoms with E-state index in [4.69, 9.17) is 23.2 Å². The van der Waals surface area contributed by atoms with Crippen LogP contribution in [0.25, 0.3) is 0 Å². The van der Waals surface area contributed by atoms with E-state index in [1.165, 1.54) is 11.5 Å². The first-order chi connectivity index (χ1) is 7.18. The monoisotopic (exact) mass is 260 g/mol. The van der Waals surface area contributed by atoms with Crippen LogP contribution in [0.3, 0.4) is 0 Å². The smallest absolute Gasteiger partial charge is 0.125 e. The lowest BCUT2D eigenvalue weighted by Gasteiger charge is -2.09. The summed E-state index contributed by atoms with van der Waals surface area (Å²) in [5.74, 6) is 0. The van der Waals surface area contributed by atoms with Crippen LogP contribution in [0.5, 0.6) is 0 Å². The molecule has 15 heavy (non-hydrogen) atoms. The molecule has 0 aliphatic carbocycles. The minimum Gasteiger partial charge on any atom is -0.382 e. The van der Waals surface area contributed by atoms with Crippen molar-refractivity contribution in [2.45, 2.75) is 6.10 Å². The Morgan fingerprint density at radius 3 is 2.80 bits per heavy atom. The van der Waals surface area contributed by atoms with Gasteiger partial charge >= 0.3 is 0 Å². The van der Waals surface area contributed by atoms with E-state index in [0.717, 1.165) is 0 Å². The molecule has 2 aromatic rings. The molecule has 1 aromatic carbocycles. The molecule has 3 nitrogen and oxygen atoms in total. The van der Waals surface area contributed by atoms with Gasteiger partial charge in [-0.15, -0.1) is 5.10 Å². The van der Waals surface area contributed by atoms with Gasteiger partial charge in [-0.25, -0.2) is 0 Å². The van der Waals surface area contributed by atoms with E-state index in [9.17, 15) is 5.11 Å². The zero-order valence-corrected chi connectivity index (χ0v) is 9.72. The van der Waals surface area contributed by atoms with E-state index in [1.54, 1.807) is 23.6 Å². The van der Waals surface area contributed by atoms with Crippen molar-refractivity contribution in [3.63, 3.8) is 0 Å². The Balaban J connectivity index is 2.41. The van der Waals surface area contributed by atoms with E-state index < -0.39 is 6.10 Å². The van der Waals surface area contributed by atoms with Crippen LogP contribution in [0.2, 0.25) is 10.0 Å². The largest absolute Gasteiger partial charge is 0.382 e. The maximum atomic E-state index is 9.95. The molecule has 0 aliphatic heterocycles. The van der Waals surface area contributed by atoms with Crippen LogP contribution in [0.4, 0.5) is 0 Å². The standard InChI is InChI=1S/C9H6Cl2N2OS/c10-5-1-2-7(11)6(3-5)9(14)8-4-15-13-12-8/h1-4,9,14H. The van der Waals surface area contributed by atoms with Crippen molar-refractivity contribution in [2.24, 2.45) is 0 Å². The van der Waals surface area contributed by atoms with Crippen molar-refractivity contribution in [2.75, 3.05) is 0 Å². The third-order valence-electron chi connectivity index (χ3n) is 1.91. The molecule has 0 spiro atoms. The highest BCUT2D eigenvalue weighted by molar-refractivity contribution is 7.03. The van der Waals surface area contributed by atoms with E-state index in [1.807, 2.05) is 0 Å². The molecule has 0 aliphatic rings. The summed E-state index contributed by atoms with van der Waals surface area (Å²) in [7, 11) is 0. The zero-order chi connectivity index (χ0) is 10.8. The second-order valence-corrected chi connectivity index (χ2v) is 4.35. The third-order valence-corrected chi connectivity index (χ3v) is 3.01. The van der Waals surface area contributed by atoms with Crippen LogP contribution in [-0.4, -0.2) is 14.7 Å². The number of halogens is 2. The van der Waals surface area contributed by atoms with Crippen molar-refractivity contribution < 1.29 is 5.11 Å². The Hall–Kier alpha value is -0.680. The van der Waals surface area contributed by atoms with Crippen molar-refractivity contribution >= 4 is 34.7 Å². The van der Waals surface area contributed by atoms with Gasteiger partial charge in [0.1, 0.15) is 11.8 Å². The van der Waals surface area contributed by atoms with Crippen molar-refractivity contribution in [1.82, 2.24) is 9.59 Å². The lowest BCUT2D eigenvalue weighted by Crippen LogP contribution is -2.01. The average molecular weight is 261 g/mol. The van der Waals surface area contributed by atoms with Crippen LogP contribution < -0.4 is 0 Å². The van der Waals surface area contributed by atoms with E-state index in [0.29, 0.717) is 21.3 Å². The van der Waals surface area contributed by atoms with Crippen molar-refractivity contribution in [3.8, 4) is 0 Å². The van der Waals surface area contributed by atoms with Gasteiger partial charge in [0.2, 0.25) is 0 Å². The Kier molecular flexibility index (Phi) is 3.21. The highest BCUT2D eigenvalue weighted by Crippen LogP contribution is 2.29. The maximum absolute atomic E-state index is 9.95. The molecule has 1 unspecified atom stereocenters. The quantitative estimate of drug-likeness (QED) is 0.904. The predicted molar refractivity (Wildman–Crippen MR) is 60.4 cm³/mol. The van der Waals surface area contributed by atoms with Gasteiger partial charge in [0, 0.05) is 21.0 Å². The van der Waals surface area contributed by atoms with Crippen molar-refractivity contribution in [1.29, 1.82) is 0 Å². The van der Waals surface area contributed by atoms with Crippen LogP contribution in [0, 0.1) is 0 Å². The molecule has 1 atom stereocenters. The fourth-order valence-electron chi connectivity index (χ4n) is 1.17. The number of benzene rings is 1. The van der Waals surface area contributed by atoms with Crippen LogP contribution >= 0.6 is 34.7 Å². The summed E-state index contributed by atoms with van der Waals surface area (Å²) in [4.78, 5) is 0. The van der Waals surface area contributed by atoms with Crippen LogP contribution in [-0.2, 0) is 0 Å². The second-order valence-electron chi connectivity index (χ2n) is 2.90. The molecule has 1 aromatic heterocycles. The molecule has 0 fully saturated rings. The van der Waals surface area contributed by atoms with Gasteiger partial charge in [0.25, 0.3) is 0 Å². The molecule has 0 amide bonds. The SMILES string of the molecule is OC(c1csnn1)c1cc(Cl)ccc1Cl. The van der Waals surface area contributed by atoms with Gasteiger partial charge in [-0.2, -0.15) is 0 Å². The van der Waals surface area contributed by atoms with Gasteiger partial charge in [0.05, 0.1) is 0 Å². The molecular weight excluding hydrogens is 255 g/mol. The Morgan fingerprint density at radius 1 is 1.33 bits per heavy atom. The Morgan fingerprint density at radius 2 is 2.13 bits per heavy atom. The summed E-state index contributed by atoms with van der Waals surface area (Å²) in [6.07, 6.45) is -0.880. The van der Waals surface area contributed by atoms with Gasteiger partial charge in [-0.3, -0.25) is 0 Å². The molecule has 1 N–H and O–H groups in total. The molecule has 1 heterocycles. The van der Waals surface area contributed by atoms with Gasteiger partial charge < -0.3 is 5.11 Å². The minimum atomic E-state index is -0.880. The highest BCUT2D eigenvalue weighted by atomic mass is 35.5. The van der Waals surface area contributed by atoms with Gasteiger partial charge in [-0.1, -0.05) is 27.7 Å². The number of nitrogens with zero attached hydrogens (tertiary/aromatic N) is 2.